The van der Waals surface area contributed by atoms with E-state index in [0.717, 1.165) is 22.3 Å². The molecule has 0 saturated heterocycles. The second-order valence-electron chi connectivity index (χ2n) is 10.3. The standard InChI is InChI=1S/C34H36N6O4/c35-32(41)30(22-13-23-37-34(36)38-40(43)44)39(24-29(25-14-5-1-6-15-25)26-16-7-2-8-17-26)33(42)31(27-18-9-3-10-19-27)28-20-11-4-12-21-28/h1-12,14-21,29-31H,13,22-24H2,(H2,35,41)(H3,36,37,38)/t30-/m0/s1. The molecule has 44 heavy (non-hydrogen) atoms. The fourth-order valence-electron chi connectivity index (χ4n) is 5.34. The van der Waals surface area contributed by atoms with Crippen molar-refractivity contribution < 1.29 is 14.6 Å². The van der Waals surface area contributed by atoms with Gasteiger partial charge in [-0.05, 0) is 35.1 Å². The highest BCUT2D eigenvalue weighted by atomic mass is 16.7. The molecular weight excluding hydrogens is 556 g/mol. The highest BCUT2D eigenvalue weighted by Crippen LogP contribution is 2.32. The normalized spacial score (nSPS) is 12.1. The quantitative estimate of drug-likeness (QED) is 0.0655. The van der Waals surface area contributed by atoms with Crippen molar-refractivity contribution in [2.75, 3.05) is 13.1 Å². The molecule has 5 N–H and O–H groups in total. The average Bonchev–Trinajstić information content (AvgIpc) is 3.03. The zero-order valence-electron chi connectivity index (χ0n) is 24.2. The van der Waals surface area contributed by atoms with Crippen LogP contribution in [0.15, 0.2) is 126 Å². The Hall–Kier alpha value is -5.51. The van der Waals surface area contributed by atoms with E-state index in [-0.39, 0.29) is 37.3 Å². The summed E-state index contributed by atoms with van der Waals surface area (Å²) in [6.07, 6.45) is 0.489. The third kappa shape index (κ3) is 8.51. The van der Waals surface area contributed by atoms with Crippen LogP contribution in [0.1, 0.15) is 46.9 Å². The van der Waals surface area contributed by atoms with Gasteiger partial charge in [-0.2, -0.15) is 0 Å². The van der Waals surface area contributed by atoms with Gasteiger partial charge in [0.25, 0.3) is 5.96 Å². The largest absolute Gasteiger partial charge is 0.368 e. The molecule has 0 fully saturated rings. The van der Waals surface area contributed by atoms with Crippen molar-refractivity contribution in [2.45, 2.75) is 30.7 Å². The Bertz CT molecular complexity index is 1460. The van der Waals surface area contributed by atoms with Gasteiger partial charge in [-0.3, -0.25) is 9.59 Å². The lowest BCUT2D eigenvalue weighted by molar-refractivity contribution is -0.525. The van der Waals surface area contributed by atoms with Gasteiger partial charge in [-0.15, -0.1) is 0 Å². The molecule has 4 aromatic rings. The summed E-state index contributed by atoms with van der Waals surface area (Å²) >= 11 is 0. The topological polar surface area (TPSA) is 157 Å². The van der Waals surface area contributed by atoms with E-state index in [9.17, 15) is 19.7 Å². The van der Waals surface area contributed by atoms with Gasteiger partial charge in [0.2, 0.25) is 11.8 Å². The third-order valence-corrected chi connectivity index (χ3v) is 7.41. The Balaban J connectivity index is 1.77. The minimum Gasteiger partial charge on any atom is -0.368 e. The number of hydrogen-bond donors (Lipinski definition) is 3. The zero-order chi connectivity index (χ0) is 31.3. The Kier molecular flexibility index (Phi) is 11.2. The summed E-state index contributed by atoms with van der Waals surface area (Å²) in [5.41, 5.74) is 16.9. The molecule has 0 spiro atoms. The number of rotatable bonds is 14. The number of hydrogen-bond acceptors (Lipinski definition) is 5. The number of primary amides is 1. The van der Waals surface area contributed by atoms with Crippen LogP contribution in [0.5, 0.6) is 0 Å². The molecule has 0 bridgehead atoms. The molecule has 0 aliphatic carbocycles. The number of aliphatic imine (C=N–C) groups is 1. The van der Waals surface area contributed by atoms with Crippen molar-refractivity contribution in [1.82, 2.24) is 10.3 Å². The molecule has 1 atom stereocenters. The van der Waals surface area contributed by atoms with Crippen molar-refractivity contribution >= 4 is 17.8 Å². The molecule has 0 unspecified atom stereocenters. The highest BCUT2D eigenvalue weighted by Gasteiger charge is 2.36. The lowest BCUT2D eigenvalue weighted by Crippen LogP contribution is -2.51. The average molecular weight is 593 g/mol. The van der Waals surface area contributed by atoms with Gasteiger partial charge in [0.15, 0.2) is 5.03 Å². The number of nitrogens with one attached hydrogen (secondary N) is 1. The lowest BCUT2D eigenvalue weighted by atomic mass is 9.86. The van der Waals surface area contributed by atoms with Crippen LogP contribution in [0.4, 0.5) is 0 Å². The number of guanidine groups is 1. The third-order valence-electron chi connectivity index (χ3n) is 7.41. The van der Waals surface area contributed by atoms with E-state index in [1.165, 1.54) is 0 Å². The summed E-state index contributed by atoms with van der Waals surface area (Å²) < 4.78 is 0. The van der Waals surface area contributed by atoms with Crippen molar-refractivity contribution in [3.63, 3.8) is 0 Å². The Morgan fingerprint density at radius 2 is 1.18 bits per heavy atom. The molecule has 0 radical (unpaired) electrons. The highest BCUT2D eigenvalue weighted by molar-refractivity contribution is 5.92. The van der Waals surface area contributed by atoms with Crippen LogP contribution in [-0.2, 0) is 9.59 Å². The number of nitro groups is 1. The van der Waals surface area contributed by atoms with Gasteiger partial charge in [-0.1, -0.05) is 127 Å². The maximum Gasteiger partial charge on any atom is 0.251 e. The van der Waals surface area contributed by atoms with E-state index in [4.69, 9.17) is 11.5 Å². The molecule has 10 heteroatoms. The lowest BCUT2D eigenvalue weighted by Gasteiger charge is -2.36. The van der Waals surface area contributed by atoms with Crippen LogP contribution in [0.3, 0.4) is 0 Å². The maximum atomic E-state index is 14.8. The fraction of sp³-hybridized carbons (Fsp3) is 0.206. The summed E-state index contributed by atoms with van der Waals surface area (Å²) in [5.74, 6) is -2.21. The van der Waals surface area contributed by atoms with Crippen LogP contribution < -0.4 is 16.9 Å². The van der Waals surface area contributed by atoms with Crippen LogP contribution in [0.2, 0.25) is 0 Å². The second-order valence-corrected chi connectivity index (χ2v) is 10.3. The zero-order valence-corrected chi connectivity index (χ0v) is 24.2. The molecule has 0 aromatic heterocycles. The molecular formula is C34H36N6O4. The van der Waals surface area contributed by atoms with Gasteiger partial charge in [0.05, 0.1) is 5.92 Å². The van der Waals surface area contributed by atoms with Gasteiger partial charge in [-0.25, -0.2) is 15.1 Å². The summed E-state index contributed by atoms with van der Waals surface area (Å²) in [6, 6.07) is 37.6. The Labute approximate surface area is 256 Å². The fourth-order valence-corrected chi connectivity index (χ4v) is 5.34. The number of benzene rings is 4. The Morgan fingerprint density at radius 1 is 0.750 bits per heavy atom. The summed E-state index contributed by atoms with van der Waals surface area (Å²) in [5, 5.41) is 9.87. The minimum absolute atomic E-state index is 0.0973. The molecule has 4 rings (SSSR count). The van der Waals surface area contributed by atoms with E-state index in [0.29, 0.717) is 6.42 Å². The van der Waals surface area contributed by atoms with Crippen molar-refractivity contribution in [3.05, 3.63) is 154 Å². The van der Waals surface area contributed by atoms with Crippen molar-refractivity contribution in [1.29, 1.82) is 0 Å². The summed E-state index contributed by atoms with van der Waals surface area (Å²) in [7, 11) is 0. The number of carbonyl (C=O) groups excluding carboxylic acids is 2. The van der Waals surface area contributed by atoms with Crippen molar-refractivity contribution in [3.8, 4) is 0 Å². The monoisotopic (exact) mass is 592 g/mol. The molecule has 0 aliphatic heterocycles. The number of carbonyl (C=O) groups is 2. The summed E-state index contributed by atoms with van der Waals surface area (Å²) in [4.78, 5) is 44.2. The van der Waals surface area contributed by atoms with Gasteiger partial charge in [0, 0.05) is 19.0 Å². The molecule has 0 heterocycles. The van der Waals surface area contributed by atoms with E-state index < -0.39 is 22.9 Å². The van der Waals surface area contributed by atoms with Gasteiger partial charge < -0.3 is 16.4 Å². The second kappa shape index (κ2) is 15.6. The molecule has 226 valence electrons. The SMILES string of the molecule is NC(=O)[C@H](CCCN=C(N)N[N+](=O)[O-])N(CC(c1ccccc1)c1ccccc1)C(=O)C(c1ccccc1)c1ccccc1. The molecule has 2 amide bonds. The molecule has 0 saturated carbocycles. The summed E-state index contributed by atoms with van der Waals surface area (Å²) in [6.45, 7) is 0.283. The molecule has 0 aliphatic rings. The van der Waals surface area contributed by atoms with Crippen LogP contribution in [0, 0.1) is 10.1 Å². The van der Waals surface area contributed by atoms with E-state index in [1.807, 2.05) is 121 Å². The first kappa shape index (κ1) is 31.4. The van der Waals surface area contributed by atoms with E-state index in [1.54, 1.807) is 10.3 Å². The van der Waals surface area contributed by atoms with Crippen LogP contribution in [-0.4, -0.2) is 46.8 Å². The Morgan fingerprint density at radius 3 is 1.59 bits per heavy atom. The predicted molar refractivity (Wildman–Crippen MR) is 170 cm³/mol. The van der Waals surface area contributed by atoms with E-state index in [2.05, 4.69) is 4.99 Å². The van der Waals surface area contributed by atoms with E-state index >= 15 is 0 Å². The molecule has 4 aromatic carbocycles. The first-order chi connectivity index (χ1) is 21.3. The number of nitrogens with zero attached hydrogens (tertiary/aromatic N) is 3. The van der Waals surface area contributed by atoms with Crippen LogP contribution >= 0.6 is 0 Å². The van der Waals surface area contributed by atoms with Crippen LogP contribution in [0.25, 0.3) is 0 Å². The minimum atomic E-state index is -0.979. The number of hydrazine groups is 1. The van der Waals surface area contributed by atoms with Crippen molar-refractivity contribution in [2.24, 2.45) is 16.5 Å². The first-order valence-corrected chi connectivity index (χ1v) is 14.4. The maximum absolute atomic E-state index is 14.8. The predicted octanol–water partition coefficient (Wildman–Crippen LogP) is 4.21. The smallest absolute Gasteiger partial charge is 0.251 e. The molecule has 10 nitrogen and oxygen atoms in total. The number of nitrogens with two attached hydrogens (primary N) is 2. The number of amides is 2. The van der Waals surface area contributed by atoms with Gasteiger partial charge >= 0.3 is 0 Å². The first-order valence-electron chi connectivity index (χ1n) is 14.4. The van der Waals surface area contributed by atoms with Gasteiger partial charge in [0.1, 0.15) is 6.04 Å².